The largest absolute Gasteiger partial charge is 0.362 e. The van der Waals surface area contributed by atoms with Crippen LogP contribution in [0, 0.1) is 13.8 Å². The van der Waals surface area contributed by atoms with Gasteiger partial charge in [-0.3, -0.25) is 4.79 Å². The third-order valence-electron chi connectivity index (χ3n) is 4.39. The van der Waals surface area contributed by atoms with Crippen molar-refractivity contribution >= 4 is 11.6 Å². The fourth-order valence-electron chi connectivity index (χ4n) is 3.10. The summed E-state index contributed by atoms with van der Waals surface area (Å²) in [5.41, 5.74) is 6.24. The smallest absolute Gasteiger partial charge is 0.239 e. The molecule has 0 fully saturated rings. The Morgan fingerprint density at radius 3 is 2.61 bits per heavy atom. The van der Waals surface area contributed by atoms with Crippen molar-refractivity contribution in [3.05, 3.63) is 64.7 Å². The molecule has 1 amide bonds. The quantitative estimate of drug-likeness (QED) is 0.939. The standard InChI is InChI=1S/C20H24N2O/c1-15-5-8-17(9-6-15)13-21-20(23)14-22-11-3-4-18-12-16(2)7-10-19(18)22/h5-10,12H,3-4,11,13-14H2,1-2H3,(H,21,23). The molecule has 120 valence electrons. The molecule has 0 bridgehead atoms. The predicted molar refractivity (Wildman–Crippen MR) is 94.7 cm³/mol. The minimum Gasteiger partial charge on any atom is -0.362 e. The lowest BCUT2D eigenvalue weighted by molar-refractivity contribution is -0.119. The number of fused-ring (bicyclic) bond motifs is 1. The highest BCUT2D eigenvalue weighted by Gasteiger charge is 2.18. The normalized spacial score (nSPS) is 13.6. The molecule has 0 aromatic heterocycles. The Morgan fingerprint density at radius 1 is 1.09 bits per heavy atom. The average molecular weight is 308 g/mol. The topological polar surface area (TPSA) is 32.3 Å². The number of nitrogens with one attached hydrogen (secondary N) is 1. The number of hydrogen-bond acceptors (Lipinski definition) is 2. The number of hydrogen-bond donors (Lipinski definition) is 1. The summed E-state index contributed by atoms with van der Waals surface area (Å²) in [5, 5.41) is 3.03. The van der Waals surface area contributed by atoms with E-state index in [0.29, 0.717) is 13.1 Å². The molecule has 3 nitrogen and oxygen atoms in total. The number of aryl methyl sites for hydroxylation is 3. The van der Waals surface area contributed by atoms with Gasteiger partial charge in [-0.05, 0) is 43.9 Å². The molecule has 0 atom stereocenters. The van der Waals surface area contributed by atoms with Gasteiger partial charge in [0.25, 0.3) is 0 Å². The summed E-state index contributed by atoms with van der Waals surface area (Å²) in [5.74, 6) is 0.0824. The highest BCUT2D eigenvalue weighted by Crippen LogP contribution is 2.27. The van der Waals surface area contributed by atoms with Gasteiger partial charge in [-0.2, -0.15) is 0 Å². The van der Waals surface area contributed by atoms with E-state index < -0.39 is 0 Å². The van der Waals surface area contributed by atoms with Crippen molar-refractivity contribution in [1.82, 2.24) is 5.32 Å². The van der Waals surface area contributed by atoms with Crippen LogP contribution in [-0.4, -0.2) is 19.0 Å². The zero-order valence-corrected chi connectivity index (χ0v) is 13.9. The molecule has 0 saturated heterocycles. The van der Waals surface area contributed by atoms with Crippen LogP contribution < -0.4 is 10.2 Å². The number of rotatable bonds is 4. The second kappa shape index (κ2) is 6.86. The Hall–Kier alpha value is -2.29. The van der Waals surface area contributed by atoms with Crippen LogP contribution in [0.15, 0.2) is 42.5 Å². The van der Waals surface area contributed by atoms with Crippen molar-refractivity contribution in [2.75, 3.05) is 18.0 Å². The monoisotopic (exact) mass is 308 g/mol. The number of nitrogens with zero attached hydrogens (tertiary/aromatic N) is 1. The SMILES string of the molecule is Cc1ccc(CNC(=O)CN2CCCc3cc(C)ccc32)cc1. The molecular weight excluding hydrogens is 284 g/mol. The third-order valence-corrected chi connectivity index (χ3v) is 4.39. The van der Waals surface area contributed by atoms with Gasteiger partial charge in [0.1, 0.15) is 0 Å². The number of carbonyl (C=O) groups is 1. The minimum absolute atomic E-state index is 0.0824. The molecule has 23 heavy (non-hydrogen) atoms. The fraction of sp³-hybridized carbons (Fsp3) is 0.350. The zero-order chi connectivity index (χ0) is 16.2. The van der Waals surface area contributed by atoms with E-state index in [0.717, 1.165) is 24.9 Å². The number of anilines is 1. The Labute approximate surface area is 138 Å². The van der Waals surface area contributed by atoms with Crippen LogP contribution >= 0.6 is 0 Å². The van der Waals surface area contributed by atoms with Gasteiger partial charge in [0.05, 0.1) is 6.54 Å². The van der Waals surface area contributed by atoms with Gasteiger partial charge >= 0.3 is 0 Å². The maximum atomic E-state index is 12.3. The van der Waals surface area contributed by atoms with E-state index in [1.165, 1.54) is 22.4 Å². The first-order valence-electron chi connectivity index (χ1n) is 8.28. The first-order valence-corrected chi connectivity index (χ1v) is 8.28. The van der Waals surface area contributed by atoms with E-state index in [9.17, 15) is 4.79 Å². The molecule has 0 saturated carbocycles. The highest BCUT2D eigenvalue weighted by molar-refractivity contribution is 5.82. The molecule has 1 heterocycles. The Kier molecular flexibility index (Phi) is 4.65. The Bertz CT molecular complexity index is 691. The van der Waals surface area contributed by atoms with E-state index in [4.69, 9.17) is 0 Å². The van der Waals surface area contributed by atoms with Crippen LogP contribution in [0.3, 0.4) is 0 Å². The Balaban J connectivity index is 1.59. The van der Waals surface area contributed by atoms with Crippen LogP contribution in [0.4, 0.5) is 5.69 Å². The van der Waals surface area contributed by atoms with Gasteiger partial charge in [0.2, 0.25) is 5.91 Å². The summed E-state index contributed by atoms with van der Waals surface area (Å²) in [6.45, 7) is 6.16. The average Bonchev–Trinajstić information content (AvgIpc) is 2.54. The lowest BCUT2D eigenvalue weighted by Gasteiger charge is -2.31. The first kappa shape index (κ1) is 15.6. The molecule has 3 heteroatoms. The summed E-state index contributed by atoms with van der Waals surface area (Å²) in [6, 6.07) is 14.8. The van der Waals surface area contributed by atoms with Crippen LogP contribution in [0.25, 0.3) is 0 Å². The number of amides is 1. The summed E-state index contributed by atoms with van der Waals surface area (Å²) in [6.07, 6.45) is 2.22. The van der Waals surface area contributed by atoms with Crippen molar-refractivity contribution in [3.63, 3.8) is 0 Å². The molecule has 0 radical (unpaired) electrons. The molecule has 0 unspecified atom stereocenters. The minimum atomic E-state index is 0.0824. The fourth-order valence-corrected chi connectivity index (χ4v) is 3.10. The van der Waals surface area contributed by atoms with E-state index >= 15 is 0 Å². The van der Waals surface area contributed by atoms with Crippen molar-refractivity contribution in [2.24, 2.45) is 0 Å². The molecule has 0 spiro atoms. The van der Waals surface area contributed by atoms with E-state index in [1.807, 2.05) is 0 Å². The molecule has 1 N–H and O–H groups in total. The molecule has 1 aliphatic rings. The van der Waals surface area contributed by atoms with Crippen LogP contribution in [0.1, 0.15) is 28.7 Å². The lowest BCUT2D eigenvalue weighted by atomic mass is 9.99. The zero-order valence-electron chi connectivity index (χ0n) is 13.9. The van der Waals surface area contributed by atoms with Crippen molar-refractivity contribution < 1.29 is 4.79 Å². The van der Waals surface area contributed by atoms with E-state index in [-0.39, 0.29) is 5.91 Å². The maximum absolute atomic E-state index is 12.3. The first-order chi connectivity index (χ1) is 11.1. The Morgan fingerprint density at radius 2 is 1.83 bits per heavy atom. The second-order valence-corrected chi connectivity index (χ2v) is 6.42. The van der Waals surface area contributed by atoms with E-state index in [2.05, 4.69) is 66.5 Å². The van der Waals surface area contributed by atoms with Crippen molar-refractivity contribution in [3.8, 4) is 0 Å². The van der Waals surface area contributed by atoms with Gasteiger partial charge in [0.15, 0.2) is 0 Å². The molecule has 1 aliphatic heterocycles. The van der Waals surface area contributed by atoms with Crippen molar-refractivity contribution in [2.45, 2.75) is 33.2 Å². The molecule has 3 rings (SSSR count). The molecule has 2 aromatic carbocycles. The van der Waals surface area contributed by atoms with E-state index in [1.54, 1.807) is 0 Å². The van der Waals surface area contributed by atoms with Crippen LogP contribution in [0.2, 0.25) is 0 Å². The summed E-state index contributed by atoms with van der Waals surface area (Å²) >= 11 is 0. The summed E-state index contributed by atoms with van der Waals surface area (Å²) in [7, 11) is 0. The maximum Gasteiger partial charge on any atom is 0.239 e. The molecule has 0 aliphatic carbocycles. The second-order valence-electron chi connectivity index (χ2n) is 6.42. The predicted octanol–water partition coefficient (Wildman–Crippen LogP) is 3.37. The van der Waals surface area contributed by atoms with Gasteiger partial charge in [-0.25, -0.2) is 0 Å². The van der Waals surface area contributed by atoms with Gasteiger partial charge < -0.3 is 10.2 Å². The number of benzene rings is 2. The highest BCUT2D eigenvalue weighted by atomic mass is 16.2. The third kappa shape index (κ3) is 3.92. The van der Waals surface area contributed by atoms with Gasteiger partial charge in [-0.1, -0.05) is 47.5 Å². The van der Waals surface area contributed by atoms with Crippen LogP contribution in [-0.2, 0) is 17.8 Å². The van der Waals surface area contributed by atoms with Gasteiger partial charge in [-0.15, -0.1) is 0 Å². The molecular formula is C20H24N2O. The summed E-state index contributed by atoms with van der Waals surface area (Å²) in [4.78, 5) is 14.5. The molecule has 2 aromatic rings. The van der Waals surface area contributed by atoms with Gasteiger partial charge in [0, 0.05) is 18.8 Å². The number of carbonyl (C=O) groups excluding carboxylic acids is 1. The van der Waals surface area contributed by atoms with Crippen LogP contribution in [0.5, 0.6) is 0 Å². The summed E-state index contributed by atoms with van der Waals surface area (Å²) < 4.78 is 0. The lowest BCUT2D eigenvalue weighted by Crippen LogP contribution is -2.39. The van der Waals surface area contributed by atoms with Crippen molar-refractivity contribution in [1.29, 1.82) is 0 Å².